The van der Waals surface area contributed by atoms with E-state index >= 15 is 0 Å². The number of aryl methyl sites for hydroxylation is 1. The van der Waals surface area contributed by atoms with Crippen LogP contribution in [0.4, 0.5) is 5.95 Å². The molecule has 24 heavy (non-hydrogen) atoms. The zero-order valence-corrected chi connectivity index (χ0v) is 13.9. The average Bonchev–Trinajstić information content (AvgIpc) is 2.58. The van der Waals surface area contributed by atoms with Gasteiger partial charge < -0.3 is 5.73 Å². The summed E-state index contributed by atoms with van der Waals surface area (Å²) < 4.78 is 0. The fourth-order valence-corrected chi connectivity index (χ4v) is 3.26. The van der Waals surface area contributed by atoms with Crippen LogP contribution in [0.1, 0.15) is 16.7 Å². The second-order valence-electron chi connectivity index (χ2n) is 5.86. The van der Waals surface area contributed by atoms with Crippen LogP contribution in [0.25, 0.3) is 21.7 Å². The van der Waals surface area contributed by atoms with Gasteiger partial charge in [-0.15, -0.1) is 0 Å². The van der Waals surface area contributed by atoms with Crippen molar-refractivity contribution >= 4 is 39.2 Å². The Kier molecular flexibility index (Phi) is 3.54. The topological polar surface area (TPSA) is 64.7 Å². The smallest absolute Gasteiger partial charge is 0.220 e. The number of nitrogens with two attached hydrogens (primary N) is 1. The molecule has 0 bridgehead atoms. The predicted molar refractivity (Wildman–Crippen MR) is 98.2 cm³/mol. The Balaban J connectivity index is 1.83. The number of hydrogen-bond acceptors (Lipinski definition) is 4. The molecule has 0 unspecified atom stereocenters. The minimum absolute atomic E-state index is 0.294. The van der Waals surface area contributed by atoms with Gasteiger partial charge in [0, 0.05) is 23.2 Å². The largest absolute Gasteiger partial charge is 0.368 e. The molecule has 0 saturated heterocycles. The Morgan fingerprint density at radius 2 is 1.92 bits per heavy atom. The molecule has 0 aliphatic heterocycles. The highest BCUT2D eigenvalue weighted by Gasteiger charge is 2.09. The minimum atomic E-state index is 0.294. The molecule has 2 N–H and O–H groups in total. The van der Waals surface area contributed by atoms with Crippen molar-refractivity contribution in [3.05, 3.63) is 70.6 Å². The van der Waals surface area contributed by atoms with Crippen molar-refractivity contribution in [2.24, 2.45) is 0 Å². The molecular formula is C19H15ClN4. The van der Waals surface area contributed by atoms with Crippen LogP contribution < -0.4 is 5.73 Å². The van der Waals surface area contributed by atoms with Crippen molar-refractivity contribution in [3.63, 3.8) is 0 Å². The van der Waals surface area contributed by atoms with Gasteiger partial charge in [0.25, 0.3) is 0 Å². The third kappa shape index (κ3) is 2.55. The number of rotatable bonds is 2. The second-order valence-corrected chi connectivity index (χ2v) is 6.21. The maximum Gasteiger partial charge on any atom is 0.220 e. The summed E-state index contributed by atoms with van der Waals surface area (Å²) in [7, 11) is 0. The van der Waals surface area contributed by atoms with Gasteiger partial charge in [0.15, 0.2) is 0 Å². The molecule has 4 aromatic rings. The lowest BCUT2D eigenvalue weighted by molar-refractivity contribution is 1.17. The van der Waals surface area contributed by atoms with Crippen LogP contribution >= 0.6 is 11.6 Å². The molecule has 118 valence electrons. The first-order chi connectivity index (χ1) is 11.6. The van der Waals surface area contributed by atoms with Crippen molar-refractivity contribution in [1.29, 1.82) is 0 Å². The van der Waals surface area contributed by atoms with E-state index in [1.54, 1.807) is 12.4 Å². The summed E-state index contributed by atoms with van der Waals surface area (Å²) >= 11 is 6.24. The molecule has 0 fully saturated rings. The van der Waals surface area contributed by atoms with Crippen LogP contribution in [-0.2, 0) is 6.42 Å². The maximum atomic E-state index is 6.24. The predicted octanol–water partition coefficient (Wildman–Crippen LogP) is 4.31. The third-order valence-corrected chi connectivity index (χ3v) is 4.59. The normalized spacial score (nSPS) is 11.2. The van der Waals surface area contributed by atoms with E-state index in [2.05, 4.69) is 40.1 Å². The Hall–Kier alpha value is -2.72. The van der Waals surface area contributed by atoms with Gasteiger partial charge in [-0.05, 0) is 53.6 Å². The van der Waals surface area contributed by atoms with Crippen molar-refractivity contribution in [2.75, 3.05) is 5.73 Å². The van der Waals surface area contributed by atoms with Gasteiger partial charge in [-0.3, -0.25) is 0 Å². The monoisotopic (exact) mass is 334 g/mol. The van der Waals surface area contributed by atoms with Crippen LogP contribution in [0.2, 0.25) is 5.15 Å². The zero-order valence-electron chi connectivity index (χ0n) is 13.1. The first kappa shape index (κ1) is 14.8. The van der Waals surface area contributed by atoms with Crippen molar-refractivity contribution in [3.8, 4) is 0 Å². The van der Waals surface area contributed by atoms with Gasteiger partial charge in [-0.25, -0.2) is 15.0 Å². The van der Waals surface area contributed by atoms with Crippen LogP contribution in [-0.4, -0.2) is 15.0 Å². The van der Waals surface area contributed by atoms with E-state index < -0.39 is 0 Å². The molecule has 0 saturated carbocycles. The summed E-state index contributed by atoms with van der Waals surface area (Å²) in [6, 6.07) is 12.3. The average molecular weight is 335 g/mol. The molecule has 4 nitrogen and oxygen atoms in total. The van der Waals surface area contributed by atoms with Crippen molar-refractivity contribution in [1.82, 2.24) is 15.0 Å². The standard InChI is InChI=1S/C19H15ClN4/c1-11-2-4-15-14(6-7-22-18(15)20)16(11)9-12-3-5-17-13(8-12)10-23-19(21)24-17/h2-8,10H,9H2,1H3,(H2,21,23,24). The van der Waals surface area contributed by atoms with Gasteiger partial charge in [0.05, 0.1) is 5.52 Å². The van der Waals surface area contributed by atoms with E-state index in [0.717, 1.165) is 28.1 Å². The van der Waals surface area contributed by atoms with Crippen molar-refractivity contribution in [2.45, 2.75) is 13.3 Å². The zero-order chi connectivity index (χ0) is 16.7. The van der Waals surface area contributed by atoms with Gasteiger partial charge in [0.1, 0.15) is 5.15 Å². The number of halogens is 1. The number of nitrogens with zero attached hydrogens (tertiary/aromatic N) is 3. The molecule has 4 rings (SSSR count). The highest BCUT2D eigenvalue weighted by atomic mass is 35.5. The number of fused-ring (bicyclic) bond motifs is 2. The lowest BCUT2D eigenvalue weighted by atomic mass is 9.95. The highest BCUT2D eigenvalue weighted by molar-refractivity contribution is 6.34. The number of aromatic nitrogens is 3. The molecule has 0 radical (unpaired) electrons. The van der Waals surface area contributed by atoms with E-state index in [-0.39, 0.29) is 0 Å². The van der Waals surface area contributed by atoms with E-state index in [0.29, 0.717) is 11.1 Å². The number of nitrogen functional groups attached to an aromatic ring is 1. The molecule has 2 aromatic carbocycles. The quantitative estimate of drug-likeness (QED) is 0.555. The number of anilines is 1. The summed E-state index contributed by atoms with van der Waals surface area (Å²) in [6.45, 7) is 2.12. The van der Waals surface area contributed by atoms with Gasteiger partial charge in [-0.2, -0.15) is 0 Å². The molecule has 2 heterocycles. The van der Waals surface area contributed by atoms with E-state index in [1.807, 2.05) is 18.2 Å². The first-order valence-electron chi connectivity index (χ1n) is 7.65. The molecule has 0 spiro atoms. The Morgan fingerprint density at radius 1 is 1.04 bits per heavy atom. The number of benzene rings is 2. The Labute approximate surface area is 144 Å². The van der Waals surface area contributed by atoms with Crippen LogP contribution in [0.3, 0.4) is 0 Å². The Morgan fingerprint density at radius 3 is 2.79 bits per heavy atom. The molecular weight excluding hydrogens is 320 g/mol. The first-order valence-corrected chi connectivity index (χ1v) is 8.03. The van der Waals surface area contributed by atoms with E-state index in [4.69, 9.17) is 17.3 Å². The molecule has 0 atom stereocenters. The summed E-state index contributed by atoms with van der Waals surface area (Å²) in [5.41, 5.74) is 10.2. The lowest BCUT2D eigenvalue weighted by Crippen LogP contribution is -1.97. The van der Waals surface area contributed by atoms with Crippen LogP contribution in [0.15, 0.2) is 48.8 Å². The fourth-order valence-electron chi connectivity index (χ4n) is 3.04. The number of pyridine rings is 1. The number of hydrogen-bond donors (Lipinski definition) is 1. The molecule has 5 heteroatoms. The summed E-state index contributed by atoms with van der Waals surface area (Å²) in [5.74, 6) is 0.294. The summed E-state index contributed by atoms with van der Waals surface area (Å²) in [6.07, 6.45) is 4.33. The summed E-state index contributed by atoms with van der Waals surface area (Å²) in [5, 5.41) is 3.65. The van der Waals surface area contributed by atoms with Crippen LogP contribution in [0, 0.1) is 6.92 Å². The fraction of sp³-hybridized carbons (Fsp3) is 0.105. The molecule has 0 aliphatic rings. The summed E-state index contributed by atoms with van der Waals surface area (Å²) in [4.78, 5) is 12.5. The highest BCUT2D eigenvalue weighted by Crippen LogP contribution is 2.29. The SMILES string of the molecule is Cc1ccc2c(Cl)nccc2c1Cc1ccc2nc(N)ncc2c1. The Bertz CT molecular complexity index is 1080. The molecule has 2 aromatic heterocycles. The second kappa shape index (κ2) is 5.73. The van der Waals surface area contributed by atoms with Gasteiger partial charge in [-0.1, -0.05) is 29.8 Å². The van der Waals surface area contributed by atoms with E-state index in [9.17, 15) is 0 Å². The van der Waals surface area contributed by atoms with Crippen molar-refractivity contribution < 1.29 is 0 Å². The lowest BCUT2D eigenvalue weighted by Gasteiger charge is -2.12. The maximum absolute atomic E-state index is 6.24. The minimum Gasteiger partial charge on any atom is -0.368 e. The molecule has 0 aliphatic carbocycles. The van der Waals surface area contributed by atoms with Gasteiger partial charge >= 0.3 is 0 Å². The van der Waals surface area contributed by atoms with Gasteiger partial charge in [0.2, 0.25) is 5.95 Å². The van der Waals surface area contributed by atoms with E-state index in [1.165, 1.54) is 16.7 Å². The molecule has 0 amide bonds. The van der Waals surface area contributed by atoms with Crippen LogP contribution in [0.5, 0.6) is 0 Å². The third-order valence-electron chi connectivity index (χ3n) is 4.29.